The van der Waals surface area contributed by atoms with Crippen LogP contribution in [-0.4, -0.2) is 25.1 Å². The van der Waals surface area contributed by atoms with Crippen LogP contribution in [0.1, 0.15) is 42.3 Å². The van der Waals surface area contributed by atoms with Gasteiger partial charge in [-0.1, -0.05) is 48.5 Å². The summed E-state index contributed by atoms with van der Waals surface area (Å²) in [4.78, 5) is 0. The molecule has 6 heteroatoms. The number of alkyl halides is 3. The van der Waals surface area contributed by atoms with E-state index in [9.17, 15) is 13.2 Å². The number of rotatable bonds is 3. The lowest BCUT2D eigenvalue weighted by molar-refractivity contribution is -0.275. The first kappa shape index (κ1) is 18.3. The monoisotopic (exact) mass is 377 g/mol. The zero-order chi connectivity index (χ0) is 18.9. The van der Waals surface area contributed by atoms with E-state index in [0.717, 1.165) is 24.9 Å². The molecule has 0 bridgehead atoms. The summed E-state index contributed by atoms with van der Waals surface area (Å²) in [6, 6.07) is 16.5. The van der Waals surface area contributed by atoms with Gasteiger partial charge in [0.05, 0.1) is 18.2 Å². The predicted molar refractivity (Wildman–Crippen MR) is 95.6 cm³/mol. The Kier molecular flexibility index (Phi) is 4.86. The van der Waals surface area contributed by atoms with Crippen molar-refractivity contribution in [1.29, 1.82) is 0 Å². The Morgan fingerprint density at radius 2 is 1.78 bits per heavy atom. The summed E-state index contributed by atoms with van der Waals surface area (Å²) in [5, 5.41) is 3.56. The lowest BCUT2D eigenvalue weighted by Crippen LogP contribution is -2.48. The third-order valence-electron chi connectivity index (χ3n) is 5.53. The molecule has 0 radical (unpaired) electrons. The van der Waals surface area contributed by atoms with Crippen molar-refractivity contribution >= 4 is 0 Å². The van der Waals surface area contributed by atoms with E-state index >= 15 is 0 Å². The van der Waals surface area contributed by atoms with E-state index in [0.29, 0.717) is 18.6 Å². The molecule has 2 aromatic carbocycles. The van der Waals surface area contributed by atoms with Gasteiger partial charge in [-0.25, -0.2) is 0 Å². The van der Waals surface area contributed by atoms with Crippen LogP contribution in [0.4, 0.5) is 13.2 Å². The summed E-state index contributed by atoms with van der Waals surface area (Å²) < 4.78 is 48.9. The highest BCUT2D eigenvalue weighted by Crippen LogP contribution is 2.49. The number of nitrogens with one attached hydrogen (secondary N) is 1. The van der Waals surface area contributed by atoms with Crippen LogP contribution in [0, 0.1) is 0 Å². The molecule has 0 unspecified atom stereocenters. The van der Waals surface area contributed by atoms with Crippen LogP contribution < -0.4 is 10.1 Å². The molecular formula is C21H22F3NO2. The van der Waals surface area contributed by atoms with Gasteiger partial charge in [0, 0.05) is 5.92 Å². The SMILES string of the molecule is FC(F)(F)Oc1ccccc1[C@H]1CO[C@]2(CCCN[C@H]2c2ccccc2)C1. The highest BCUT2D eigenvalue weighted by molar-refractivity contribution is 5.38. The molecule has 2 aliphatic rings. The number of piperidine rings is 1. The lowest BCUT2D eigenvalue weighted by atomic mass is 9.77. The van der Waals surface area contributed by atoms with Crippen molar-refractivity contribution < 1.29 is 22.6 Å². The Balaban J connectivity index is 1.61. The number of hydrogen-bond donors (Lipinski definition) is 1. The minimum atomic E-state index is -4.70. The summed E-state index contributed by atoms with van der Waals surface area (Å²) in [5.41, 5.74) is 1.30. The fourth-order valence-electron chi connectivity index (χ4n) is 4.44. The zero-order valence-electron chi connectivity index (χ0n) is 14.8. The van der Waals surface area contributed by atoms with Crippen LogP contribution in [0.25, 0.3) is 0 Å². The van der Waals surface area contributed by atoms with Crippen molar-refractivity contribution in [2.75, 3.05) is 13.2 Å². The second kappa shape index (κ2) is 7.17. The molecular weight excluding hydrogens is 355 g/mol. The maximum absolute atomic E-state index is 12.8. The van der Waals surface area contributed by atoms with E-state index in [4.69, 9.17) is 4.74 Å². The van der Waals surface area contributed by atoms with Crippen molar-refractivity contribution in [2.24, 2.45) is 0 Å². The third-order valence-corrected chi connectivity index (χ3v) is 5.53. The van der Waals surface area contributed by atoms with E-state index in [1.807, 2.05) is 18.2 Å². The number of para-hydroxylation sites is 1. The molecule has 0 saturated carbocycles. The van der Waals surface area contributed by atoms with E-state index in [2.05, 4.69) is 22.2 Å². The molecule has 1 spiro atoms. The molecule has 2 fully saturated rings. The molecule has 2 aliphatic heterocycles. The van der Waals surface area contributed by atoms with Crippen molar-refractivity contribution in [3.8, 4) is 5.75 Å². The molecule has 3 nitrogen and oxygen atoms in total. The maximum Gasteiger partial charge on any atom is 0.573 e. The molecule has 0 aromatic heterocycles. The molecule has 27 heavy (non-hydrogen) atoms. The predicted octanol–water partition coefficient (Wildman–Crippen LogP) is 4.95. The largest absolute Gasteiger partial charge is 0.573 e. The average Bonchev–Trinajstić information content (AvgIpc) is 3.06. The van der Waals surface area contributed by atoms with Crippen LogP contribution in [0.5, 0.6) is 5.75 Å². The molecule has 0 aliphatic carbocycles. The summed E-state index contributed by atoms with van der Waals surface area (Å²) >= 11 is 0. The minimum absolute atomic E-state index is 0.0353. The van der Waals surface area contributed by atoms with Crippen LogP contribution in [-0.2, 0) is 4.74 Å². The van der Waals surface area contributed by atoms with E-state index < -0.39 is 12.0 Å². The lowest BCUT2D eigenvalue weighted by Gasteiger charge is -2.41. The number of halogens is 3. The van der Waals surface area contributed by atoms with Gasteiger partial charge in [0.25, 0.3) is 0 Å². The zero-order valence-corrected chi connectivity index (χ0v) is 14.8. The molecule has 2 saturated heterocycles. The standard InChI is InChI=1S/C21H22F3NO2/c22-21(23,24)27-18-10-5-4-9-17(18)16-13-20(26-14-16)11-6-12-25-19(20)15-7-2-1-3-8-15/h1-5,7-10,16,19,25H,6,11-14H2/t16-,19+,20-/m1/s1. The first-order valence-electron chi connectivity index (χ1n) is 9.24. The second-order valence-electron chi connectivity index (χ2n) is 7.26. The number of hydrogen-bond acceptors (Lipinski definition) is 3. The summed E-state index contributed by atoms with van der Waals surface area (Å²) in [6.07, 6.45) is -2.17. The van der Waals surface area contributed by atoms with Gasteiger partial charge in [0.2, 0.25) is 0 Å². The summed E-state index contributed by atoms with van der Waals surface area (Å²) in [6.45, 7) is 1.30. The Bertz CT molecular complexity index is 780. The molecule has 1 N–H and O–H groups in total. The van der Waals surface area contributed by atoms with Crippen molar-refractivity contribution in [1.82, 2.24) is 5.32 Å². The minimum Gasteiger partial charge on any atom is -0.405 e. The fourth-order valence-corrected chi connectivity index (χ4v) is 4.44. The number of ether oxygens (including phenoxy) is 2. The molecule has 4 rings (SSSR count). The Morgan fingerprint density at radius 3 is 2.56 bits per heavy atom. The molecule has 0 amide bonds. The Hall–Kier alpha value is -2.05. The average molecular weight is 377 g/mol. The summed E-state index contributed by atoms with van der Waals surface area (Å²) in [7, 11) is 0. The topological polar surface area (TPSA) is 30.5 Å². The Labute approximate surface area is 156 Å². The highest BCUT2D eigenvalue weighted by atomic mass is 19.4. The quantitative estimate of drug-likeness (QED) is 0.821. The highest BCUT2D eigenvalue weighted by Gasteiger charge is 2.49. The van der Waals surface area contributed by atoms with Gasteiger partial charge in [-0.2, -0.15) is 0 Å². The van der Waals surface area contributed by atoms with Gasteiger partial charge in [-0.15, -0.1) is 13.2 Å². The Morgan fingerprint density at radius 1 is 1.04 bits per heavy atom. The molecule has 2 heterocycles. The third kappa shape index (κ3) is 3.82. The van der Waals surface area contributed by atoms with E-state index in [1.165, 1.54) is 6.07 Å². The fraction of sp³-hybridized carbons (Fsp3) is 0.429. The van der Waals surface area contributed by atoms with Gasteiger partial charge in [-0.05, 0) is 43.0 Å². The second-order valence-corrected chi connectivity index (χ2v) is 7.26. The van der Waals surface area contributed by atoms with Gasteiger partial charge in [-0.3, -0.25) is 0 Å². The van der Waals surface area contributed by atoms with Crippen LogP contribution in [0.15, 0.2) is 54.6 Å². The first-order chi connectivity index (χ1) is 13.0. The van der Waals surface area contributed by atoms with Crippen LogP contribution in [0.2, 0.25) is 0 Å². The number of benzene rings is 2. The van der Waals surface area contributed by atoms with Gasteiger partial charge in [0.15, 0.2) is 0 Å². The molecule has 144 valence electrons. The van der Waals surface area contributed by atoms with E-state index in [-0.39, 0.29) is 17.7 Å². The maximum atomic E-state index is 12.8. The molecule has 2 aromatic rings. The first-order valence-corrected chi connectivity index (χ1v) is 9.24. The normalized spacial score (nSPS) is 28.4. The van der Waals surface area contributed by atoms with Crippen molar-refractivity contribution in [3.63, 3.8) is 0 Å². The van der Waals surface area contributed by atoms with Gasteiger partial charge < -0.3 is 14.8 Å². The van der Waals surface area contributed by atoms with Crippen LogP contribution >= 0.6 is 0 Å². The van der Waals surface area contributed by atoms with Gasteiger partial charge in [0.1, 0.15) is 5.75 Å². The van der Waals surface area contributed by atoms with Crippen molar-refractivity contribution in [3.05, 3.63) is 65.7 Å². The van der Waals surface area contributed by atoms with Gasteiger partial charge >= 0.3 is 6.36 Å². The van der Waals surface area contributed by atoms with Crippen molar-refractivity contribution in [2.45, 2.75) is 43.2 Å². The smallest absolute Gasteiger partial charge is 0.405 e. The summed E-state index contributed by atoms with van der Waals surface area (Å²) in [5.74, 6) is -0.259. The van der Waals surface area contributed by atoms with Crippen LogP contribution in [0.3, 0.4) is 0 Å². The molecule has 3 atom stereocenters. The van der Waals surface area contributed by atoms with E-state index in [1.54, 1.807) is 18.2 Å².